The SMILES string of the molecule is CC(C)NCc1cc(F)ccc1N1CCC(C)(C(N)=O)C1. The number of primary amides is 1. The molecule has 0 saturated carbocycles. The number of carbonyl (C=O) groups is 1. The molecule has 1 unspecified atom stereocenters. The fourth-order valence-corrected chi connectivity index (χ4v) is 2.69. The Labute approximate surface area is 125 Å². The molecular formula is C16H24FN3O. The van der Waals surface area contributed by atoms with Gasteiger partial charge in [-0.05, 0) is 37.1 Å². The third-order valence-corrected chi connectivity index (χ3v) is 4.15. The van der Waals surface area contributed by atoms with Crippen molar-refractivity contribution in [3.63, 3.8) is 0 Å². The van der Waals surface area contributed by atoms with E-state index in [1.807, 2.05) is 6.92 Å². The predicted molar refractivity (Wildman–Crippen MR) is 82.5 cm³/mol. The molecule has 4 nitrogen and oxygen atoms in total. The van der Waals surface area contributed by atoms with Crippen LogP contribution >= 0.6 is 0 Å². The molecule has 1 aromatic rings. The molecule has 3 N–H and O–H groups in total. The maximum Gasteiger partial charge on any atom is 0.225 e. The van der Waals surface area contributed by atoms with Crippen molar-refractivity contribution >= 4 is 11.6 Å². The summed E-state index contributed by atoms with van der Waals surface area (Å²) in [7, 11) is 0. The van der Waals surface area contributed by atoms with E-state index in [9.17, 15) is 9.18 Å². The molecule has 2 rings (SSSR count). The molecule has 1 heterocycles. The lowest BCUT2D eigenvalue weighted by atomic mass is 9.89. The van der Waals surface area contributed by atoms with Crippen molar-refractivity contribution in [3.05, 3.63) is 29.6 Å². The third kappa shape index (κ3) is 3.53. The van der Waals surface area contributed by atoms with Gasteiger partial charge in [0.25, 0.3) is 0 Å². The molecule has 0 spiro atoms. The van der Waals surface area contributed by atoms with Gasteiger partial charge in [0.2, 0.25) is 5.91 Å². The average Bonchev–Trinajstić information content (AvgIpc) is 2.80. The van der Waals surface area contributed by atoms with Crippen molar-refractivity contribution in [1.82, 2.24) is 5.32 Å². The van der Waals surface area contributed by atoms with Crippen LogP contribution in [0.5, 0.6) is 0 Å². The van der Waals surface area contributed by atoms with E-state index in [1.54, 1.807) is 12.1 Å². The van der Waals surface area contributed by atoms with E-state index >= 15 is 0 Å². The van der Waals surface area contributed by atoms with Gasteiger partial charge in [0, 0.05) is 31.4 Å². The summed E-state index contributed by atoms with van der Waals surface area (Å²) in [6.07, 6.45) is 0.733. The van der Waals surface area contributed by atoms with E-state index < -0.39 is 5.41 Å². The highest BCUT2D eigenvalue weighted by molar-refractivity contribution is 5.82. The van der Waals surface area contributed by atoms with Gasteiger partial charge in [0.1, 0.15) is 5.82 Å². The molecule has 0 radical (unpaired) electrons. The van der Waals surface area contributed by atoms with Crippen LogP contribution in [0.2, 0.25) is 0 Å². The van der Waals surface area contributed by atoms with E-state index in [-0.39, 0.29) is 11.7 Å². The Balaban J connectivity index is 2.22. The Kier molecular flexibility index (Phi) is 4.52. The Bertz CT molecular complexity index is 532. The maximum atomic E-state index is 13.5. The second-order valence-corrected chi connectivity index (χ2v) is 6.41. The van der Waals surface area contributed by atoms with Crippen molar-refractivity contribution in [3.8, 4) is 0 Å². The number of anilines is 1. The smallest absolute Gasteiger partial charge is 0.225 e. The zero-order valence-corrected chi connectivity index (χ0v) is 12.9. The number of carbonyl (C=O) groups excluding carboxylic acids is 1. The Morgan fingerprint density at radius 1 is 1.52 bits per heavy atom. The third-order valence-electron chi connectivity index (χ3n) is 4.15. The van der Waals surface area contributed by atoms with Gasteiger partial charge in [0.05, 0.1) is 5.41 Å². The minimum atomic E-state index is -0.503. The molecule has 1 atom stereocenters. The van der Waals surface area contributed by atoms with E-state index in [4.69, 9.17) is 5.73 Å². The Morgan fingerprint density at radius 2 is 2.24 bits per heavy atom. The fourth-order valence-electron chi connectivity index (χ4n) is 2.69. The summed E-state index contributed by atoms with van der Waals surface area (Å²) in [5, 5.41) is 3.31. The molecule has 0 aliphatic carbocycles. The Morgan fingerprint density at radius 3 is 2.81 bits per heavy atom. The monoisotopic (exact) mass is 293 g/mol. The van der Waals surface area contributed by atoms with Crippen molar-refractivity contribution in [2.45, 2.75) is 39.8 Å². The zero-order chi connectivity index (χ0) is 15.6. The molecule has 0 aromatic heterocycles. The highest BCUT2D eigenvalue weighted by Crippen LogP contribution is 2.34. The first-order valence-corrected chi connectivity index (χ1v) is 7.38. The predicted octanol–water partition coefficient (Wildman–Crippen LogP) is 2.03. The summed E-state index contributed by atoms with van der Waals surface area (Å²) in [5.41, 5.74) is 6.89. The molecule has 1 fully saturated rings. The average molecular weight is 293 g/mol. The minimum Gasteiger partial charge on any atom is -0.370 e. The number of nitrogens with one attached hydrogen (secondary N) is 1. The van der Waals surface area contributed by atoms with Crippen LogP contribution in [0, 0.1) is 11.2 Å². The molecular weight excluding hydrogens is 269 g/mol. The van der Waals surface area contributed by atoms with E-state index in [2.05, 4.69) is 24.1 Å². The number of nitrogens with two attached hydrogens (primary N) is 1. The maximum absolute atomic E-state index is 13.5. The molecule has 1 saturated heterocycles. The largest absolute Gasteiger partial charge is 0.370 e. The van der Waals surface area contributed by atoms with Crippen LogP contribution in [0.4, 0.5) is 10.1 Å². The van der Waals surface area contributed by atoms with Gasteiger partial charge in [-0.25, -0.2) is 4.39 Å². The lowest BCUT2D eigenvalue weighted by Crippen LogP contribution is -2.37. The van der Waals surface area contributed by atoms with Crippen molar-refractivity contribution in [2.24, 2.45) is 11.1 Å². The summed E-state index contributed by atoms with van der Waals surface area (Å²) in [6, 6.07) is 5.15. The van der Waals surface area contributed by atoms with Gasteiger partial charge < -0.3 is 16.0 Å². The first-order chi connectivity index (χ1) is 9.82. The van der Waals surface area contributed by atoms with Crippen LogP contribution < -0.4 is 16.0 Å². The number of rotatable bonds is 5. The number of benzene rings is 1. The lowest BCUT2D eigenvalue weighted by Gasteiger charge is -2.25. The highest BCUT2D eigenvalue weighted by Gasteiger charge is 2.39. The van der Waals surface area contributed by atoms with E-state index in [0.29, 0.717) is 19.1 Å². The number of hydrogen-bond donors (Lipinski definition) is 2. The first kappa shape index (κ1) is 15.8. The molecule has 0 bridgehead atoms. The van der Waals surface area contributed by atoms with Gasteiger partial charge >= 0.3 is 0 Å². The molecule has 116 valence electrons. The molecule has 1 aromatic carbocycles. The normalized spacial score (nSPS) is 22.0. The number of nitrogens with zero attached hydrogens (tertiary/aromatic N) is 1. The molecule has 5 heteroatoms. The molecule has 1 amide bonds. The first-order valence-electron chi connectivity index (χ1n) is 7.38. The Hall–Kier alpha value is -1.62. The van der Waals surface area contributed by atoms with Gasteiger partial charge in [-0.3, -0.25) is 4.79 Å². The van der Waals surface area contributed by atoms with Crippen LogP contribution in [0.1, 0.15) is 32.8 Å². The van der Waals surface area contributed by atoms with Crippen molar-refractivity contribution in [1.29, 1.82) is 0 Å². The summed E-state index contributed by atoms with van der Waals surface area (Å²) < 4.78 is 13.5. The molecule has 1 aliphatic rings. The minimum absolute atomic E-state index is 0.240. The molecule has 21 heavy (non-hydrogen) atoms. The summed E-state index contributed by atoms with van der Waals surface area (Å²) >= 11 is 0. The summed E-state index contributed by atoms with van der Waals surface area (Å²) in [4.78, 5) is 13.7. The van der Waals surface area contributed by atoms with Crippen LogP contribution in [0.15, 0.2) is 18.2 Å². The van der Waals surface area contributed by atoms with Gasteiger partial charge in [-0.2, -0.15) is 0 Å². The molecule has 1 aliphatic heterocycles. The summed E-state index contributed by atoms with van der Waals surface area (Å²) in [6.45, 7) is 7.96. The van der Waals surface area contributed by atoms with Crippen LogP contribution in [0.25, 0.3) is 0 Å². The van der Waals surface area contributed by atoms with Crippen molar-refractivity contribution < 1.29 is 9.18 Å². The zero-order valence-electron chi connectivity index (χ0n) is 12.9. The highest BCUT2D eigenvalue weighted by atomic mass is 19.1. The summed E-state index contributed by atoms with van der Waals surface area (Å²) in [5.74, 6) is -0.509. The van der Waals surface area contributed by atoms with Crippen LogP contribution in [-0.2, 0) is 11.3 Å². The van der Waals surface area contributed by atoms with Crippen LogP contribution in [0.3, 0.4) is 0 Å². The van der Waals surface area contributed by atoms with Gasteiger partial charge in [0.15, 0.2) is 0 Å². The topological polar surface area (TPSA) is 58.4 Å². The number of amides is 1. The second kappa shape index (κ2) is 6.02. The van der Waals surface area contributed by atoms with Crippen LogP contribution in [-0.4, -0.2) is 25.0 Å². The quantitative estimate of drug-likeness (QED) is 0.873. The van der Waals surface area contributed by atoms with Gasteiger partial charge in [-0.1, -0.05) is 13.8 Å². The van der Waals surface area contributed by atoms with Crippen molar-refractivity contribution in [2.75, 3.05) is 18.0 Å². The van der Waals surface area contributed by atoms with Gasteiger partial charge in [-0.15, -0.1) is 0 Å². The number of hydrogen-bond acceptors (Lipinski definition) is 3. The lowest BCUT2D eigenvalue weighted by molar-refractivity contribution is -0.125. The van der Waals surface area contributed by atoms with E-state index in [0.717, 1.165) is 24.2 Å². The fraction of sp³-hybridized carbons (Fsp3) is 0.562. The number of halogens is 1. The second-order valence-electron chi connectivity index (χ2n) is 6.41. The standard InChI is InChI=1S/C16H24FN3O/c1-11(2)19-9-12-8-13(17)4-5-14(12)20-7-6-16(3,10-20)15(18)21/h4-5,8,11,19H,6-7,9-10H2,1-3H3,(H2,18,21). The van der Waals surface area contributed by atoms with E-state index in [1.165, 1.54) is 6.07 Å².